The summed E-state index contributed by atoms with van der Waals surface area (Å²) in [6.45, 7) is 0. The van der Waals surface area contributed by atoms with Crippen LogP contribution in [0.15, 0.2) is 6.20 Å². The normalized spacial score (nSPS) is 26.8. The molecule has 0 bridgehead atoms. The van der Waals surface area contributed by atoms with E-state index in [0.29, 0.717) is 5.25 Å². The maximum absolute atomic E-state index is 10.7. The van der Waals surface area contributed by atoms with Crippen molar-refractivity contribution >= 4 is 18.5 Å². The zero-order valence-electron chi connectivity index (χ0n) is 6.92. The van der Waals surface area contributed by atoms with Crippen molar-refractivity contribution in [2.24, 2.45) is 5.73 Å². The molecule has 1 aromatic rings. The molecule has 5 nitrogen and oxygen atoms in total. The summed E-state index contributed by atoms with van der Waals surface area (Å²) in [5.74, 6) is -0.540. The van der Waals surface area contributed by atoms with Gasteiger partial charge in [-0.15, -0.1) is 5.10 Å². The van der Waals surface area contributed by atoms with Crippen LogP contribution in [0.3, 0.4) is 0 Å². The predicted octanol–water partition coefficient (Wildman–Crippen LogP) is 0.0103. The number of hydrogen-bond donors (Lipinski definition) is 2. The van der Waals surface area contributed by atoms with Gasteiger partial charge in [0.25, 0.3) is 5.91 Å². The summed E-state index contributed by atoms with van der Waals surface area (Å²) in [6.07, 6.45) is 3.70. The van der Waals surface area contributed by atoms with Gasteiger partial charge < -0.3 is 5.73 Å². The van der Waals surface area contributed by atoms with Crippen LogP contribution >= 0.6 is 12.6 Å². The molecular formula is C7H10N4OS. The van der Waals surface area contributed by atoms with Gasteiger partial charge in [-0.25, -0.2) is 4.68 Å². The lowest BCUT2D eigenvalue weighted by Gasteiger charge is -2.32. The molecule has 1 heterocycles. The molecule has 13 heavy (non-hydrogen) atoms. The Morgan fingerprint density at radius 1 is 1.69 bits per heavy atom. The number of nitrogens with zero attached hydrogens (tertiary/aromatic N) is 3. The van der Waals surface area contributed by atoms with Gasteiger partial charge in [-0.1, -0.05) is 5.21 Å². The minimum absolute atomic E-state index is 0.215. The van der Waals surface area contributed by atoms with E-state index in [1.165, 1.54) is 0 Å². The number of primary amides is 1. The fourth-order valence-electron chi connectivity index (χ4n) is 1.33. The van der Waals surface area contributed by atoms with E-state index in [0.717, 1.165) is 12.8 Å². The molecule has 1 aliphatic carbocycles. The highest BCUT2D eigenvalue weighted by molar-refractivity contribution is 7.81. The summed E-state index contributed by atoms with van der Waals surface area (Å²) in [5, 5.41) is 7.81. The number of rotatable bonds is 2. The Morgan fingerprint density at radius 3 is 2.85 bits per heavy atom. The minimum atomic E-state index is -0.540. The van der Waals surface area contributed by atoms with Gasteiger partial charge in [0.1, 0.15) is 0 Å². The van der Waals surface area contributed by atoms with E-state index in [-0.39, 0.29) is 11.7 Å². The van der Waals surface area contributed by atoms with Crippen molar-refractivity contribution < 1.29 is 4.79 Å². The van der Waals surface area contributed by atoms with Crippen molar-refractivity contribution in [2.75, 3.05) is 0 Å². The topological polar surface area (TPSA) is 73.8 Å². The Hall–Kier alpha value is -1.04. The fourth-order valence-corrected chi connectivity index (χ4v) is 1.76. The lowest BCUT2D eigenvalue weighted by atomic mass is 9.92. The third kappa shape index (κ3) is 1.41. The Morgan fingerprint density at radius 2 is 2.46 bits per heavy atom. The lowest BCUT2D eigenvalue weighted by Crippen LogP contribution is -2.30. The van der Waals surface area contributed by atoms with Crippen molar-refractivity contribution in [2.45, 2.75) is 24.1 Å². The molecule has 1 fully saturated rings. The number of hydrogen-bond acceptors (Lipinski definition) is 4. The van der Waals surface area contributed by atoms with Crippen LogP contribution in [-0.2, 0) is 0 Å². The summed E-state index contributed by atoms with van der Waals surface area (Å²) in [4.78, 5) is 10.7. The first kappa shape index (κ1) is 8.55. The first-order chi connectivity index (χ1) is 6.18. The van der Waals surface area contributed by atoms with Crippen LogP contribution in [0.1, 0.15) is 29.4 Å². The maximum atomic E-state index is 10.7. The maximum Gasteiger partial charge on any atom is 0.270 e. The van der Waals surface area contributed by atoms with Crippen LogP contribution in [0, 0.1) is 0 Å². The number of carbonyl (C=O) groups is 1. The molecule has 2 atom stereocenters. The van der Waals surface area contributed by atoms with Crippen LogP contribution in [0.2, 0.25) is 0 Å². The number of thiol groups is 1. The number of amides is 1. The van der Waals surface area contributed by atoms with Gasteiger partial charge >= 0.3 is 0 Å². The van der Waals surface area contributed by atoms with Crippen molar-refractivity contribution in [1.29, 1.82) is 0 Å². The summed E-state index contributed by atoms with van der Waals surface area (Å²) in [6, 6.07) is 0.268. The van der Waals surface area contributed by atoms with E-state index < -0.39 is 5.91 Å². The summed E-state index contributed by atoms with van der Waals surface area (Å²) >= 11 is 4.35. The van der Waals surface area contributed by atoms with Crippen LogP contribution in [-0.4, -0.2) is 26.2 Å². The molecule has 1 amide bonds. The van der Waals surface area contributed by atoms with E-state index in [9.17, 15) is 4.79 Å². The van der Waals surface area contributed by atoms with E-state index in [2.05, 4.69) is 22.9 Å². The third-order valence-electron chi connectivity index (χ3n) is 2.30. The van der Waals surface area contributed by atoms with Crippen LogP contribution in [0.25, 0.3) is 0 Å². The number of aromatic nitrogens is 3. The van der Waals surface area contributed by atoms with E-state index in [1.54, 1.807) is 10.9 Å². The van der Waals surface area contributed by atoms with Gasteiger partial charge in [-0.05, 0) is 12.8 Å². The fraction of sp³-hybridized carbons (Fsp3) is 0.571. The highest BCUT2D eigenvalue weighted by atomic mass is 32.1. The number of nitrogens with two attached hydrogens (primary N) is 1. The standard InChI is InChI=1S/C7H10N4OS/c8-7(12)4-3-11(10-9-4)5-1-2-6(5)13/h3,5-6,13H,1-2H2,(H2,8,12). The predicted molar refractivity (Wildman–Crippen MR) is 49.6 cm³/mol. The molecule has 0 aliphatic heterocycles. The van der Waals surface area contributed by atoms with Crippen molar-refractivity contribution in [3.63, 3.8) is 0 Å². The van der Waals surface area contributed by atoms with Gasteiger partial charge in [-0.2, -0.15) is 12.6 Å². The number of carbonyl (C=O) groups excluding carboxylic acids is 1. The Bertz CT molecular complexity index is 337. The van der Waals surface area contributed by atoms with Crippen molar-refractivity contribution in [3.05, 3.63) is 11.9 Å². The quantitative estimate of drug-likeness (QED) is 0.657. The van der Waals surface area contributed by atoms with Crippen molar-refractivity contribution in [1.82, 2.24) is 15.0 Å². The smallest absolute Gasteiger partial charge is 0.270 e. The summed E-state index contributed by atoms with van der Waals surface area (Å²) in [7, 11) is 0. The average molecular weight is 198 g/mol. The van der Waals surface area contributed by atoms with Gasteiger partial charge in [-0.3, -0.25) is 4.79 Å². The van der Waals surface area contributed by atoms with Crippen LogP contribution in [0.5, 0.6) is 0 Å². The summed E-state index contributed by atoms with van der Waals surface area (Å²) < 4.78 is 1.67. The molecule has 2 rings (SSSR count). The molecule has 1 saturated carbocycles. The lowest BCUT2D eigenvalue weighted by molar-refractivity contribution is 0.0995. The van der Waals surface area contributed by atoms with Crippen LogP contribution in [0.4, 0.5) is 0 Å². The van der Waals surface area contributed by atoms with Crippen molar-refractivity contribution in [3.8, 4) is 0 Å². The van der Waals surface area contributed by atoms with Gasteiger partial charge in [0.05, 0.1) is 12.2 Å². The first-order valence-electron chi connectivity index (χ1n) is 4.08. The van der Waals surface area contributed by atoms with Crippen LogP contribution < -0.4 is 5.73 Å². The largest absolute Gasteiger partial charge is 0.364 e. The third-order valence-corrected chi connectivity index (χ3v) is 2.91. The molecule has 1 aromatic heterocycles. The molecule has 0 spiro atoms. The van der Waals surface area contributed by atoms with E-state index in [1.807, 2.05) is 0 Å². The molecule has 0 aromatic carbocycles. The van der Waals surface area contributed by atoms with Gasteiger partial charge in [0.15, 0.2) is 5.69 Å². The molecule has 0 saturated heterocycles. The van der Waals surface area contributed by atoms with Gasteiger partial charge in [0.2, 0.25) is 0 Å². The monoisotopic (exact) mass is 198 g/mol. The average Bonchev–Trinajstić information content (AvgIpc) is 2.50. The SMILES string of the molecule is NC(=O)c1cn(C2CCC2S)nn1. The second kappa shape index (κ2) is 3.02. The second-order valence-corrected chi connectivity index (χ2v) is 3.82. The van der Waals surface area contributed by atoms with E-state index >= 15 is 0 Å². The summed E-state index contributed by atoms with van der Waals surface area (Å²) in [5.41, 5.74) is 5.26. The molecule has 1 aliphatic rings. The Labute approximate surface area is 80.7 Å². The Kier molecular flexibility index (Phi) is 1.99. The zero-order valence-corrected chi connectivity index (χ0v) is 7.82. The first-order valence-corrected chi connectivity index (χ1v) is 4.60. The second-order valence-electron chi connectivity index (χ2n) is 3.16. The molecule has 0 radical (unpaired) electrons. The molecule has 6 heteroatoms. The molecule has 2 unspecified atom stereocenters. The zero-order chi connectivity index (χ0) is 9.42. The highest BCUT2D eigenvalue weighted by Crippen LogP contribution is 2.35. The van der Waals surface area contributed by atoms with E-state index in [4.69, 9.17) is 5.73 Å². The molecule has 2 N–H and O–H groups in total. The molecule has 70 valence electrons. The van der Waals surface area contributed by atoms with Gasteiger partial charge in [0, 0.05) is 5.25 Å². The minimum Gasteiger partial charge on any atom is -0.364 e. The molecular weight excluding hydrogens is 188 g/mol. The highest BCUT2D eigenvalue weighted by Gasteiger charge is 2.30. The Balaban J connectivity index is 2.17.